The molecule has 6 N–H and O–H groups in total. The fourth-order valence-corrected chi connectivity index (χ4v) is 7.42. The fraction of sp³-hybridized carbons (Fsp3) is 0.857. The van der Waals surface area contributed by atoms with Gasteiger partial charge in [-0.1, -0.05) is 122 Å². The number of hydrogen-bond donors (Lipinski definition) is 6. The molecule has 0 radical (unpaired) electrons. The van der Waals surface area contributed by atoms with E-state index in [0.717, 1.165) is 64.2 Å². The van der Waals surface area contributed by atoms with Gasteiger partial charge in [-0.15, -0.1) is 0 Å². The molecule has 1 aliphatic rings. The topological polar surface area (TPSA) is 210 Å². The Balaban J connectivity index is 2.50. The van der Waals surface area contributed by atoms with Crippen LogP contribution < -0.4 is 0 Å². The van der Waals surface area contributed by atoms with Crippen LogP contribution in [0, 0.1) is 0 Å². The Kier molecular flexibility index (Phi) is 31.0. The molecule has 0 bridgehead atoms. The quantitative estimate of drug-likeness (QED) is 0.0157. The molecule has 0 aromatic rings. The molecule has 8 atom stereocenters. The van der Waals surface area contributed by atoms with Gasteiger partial charge in [0.25, 0.3) is 0 Å². The average Bonchev–Trinajstić information content (AvgIpc) is 3.18. The predicted molar refractivity (Wildman–Crippen MR) is 217 cm³/mol. The Morgan fingerprint density at radius 3 is 1.41 bits per heavy atom. The van der Waals surface area contributed by atoms with Crippen molar-refractivity contribution < 1.29 is 63.1 Å². The van der Waals surface area contributed by atoms with Crippen LogP contribution in [-0.2, 0) is 32.7 Å². The van der Waals surface area contributed by atoms with Crippen LogP contribution in [0.25, 0.3) is 0 Å². The lowest BCUT2D eigenvalue weighted by atomic mass is 9.85. The largest absolute Gasteiger partial charge is 0.472 e. The molecule has 1 aliphatic carbocycles. The molecule has 0 aromatic carbocycles. The molecule has 1 fully saturated rings. The van der Waals surface area contributed by atoms with E-state index in [1.54, 1.807) is 0 Å². The van der Waals surface area contributed by atoms with Gasteiger partial charge in [0.15, 0.2) is 6.10 Å². The third-order valence-corrected chi connectivity index (χ3v) is 11.0. The predicted octanol–water partition coefficient (Wildman–Crippen LogP) is 7.67. The monoisotopic (exact) mass is 821 g/mol. The minimum absolute atomic E-state index is 0.0845. The summed E-state index contributed by atoms with van der Waals surface area (Å²) in [5.41, 5.74) is 0. The van der Waals surface area contributed by atoms with Crippen molar-refractivity contribution in [3.8, 4) is 0 Å². The lowest BCUT2D eigenvalue weighted by molar-refractivity contribution is -0.220. The van der Waals surface area contributed by atoms with E-state index in [1.165, 1.54) is 70.6 Å². The highest BCUT2D eigenvalue weighted by molar-refractivity contribution is 7.47. The van der Waals surface area contributed by atoms with E-state index >= 15 is 0 Å². The van der Waals surface area contributed by atoms with E-state index in [-0.39, 0.29) is 12.8 Å². The SMILES string of the molecule is CCCCC/C=C/CCCCCCCC(=O)O[C@@H](COC(=O)CCCCC/C=C/CCCCCCCCCC)COP(=O)(O)OC1C(O)C(O)C(O)[C@H](O)C1O. The summed E-state index contributed by atoms with van der Waals surface area (Å²) in [5.74, 6) is -1.13. The molecule has 0 heterocycles. The number of aliphatic hydroxyl groups excluding tert-OH is 5. The minimum Gasteiger partial charge on any atom is -0.462 e. The summed E-state index contributed by atoms with van der Waals surface area (Å²) in [5, 5.41) is 50.0. The highest BCUT2D eigenvalue weighted by Crippen LogP contribution is 2.47. The van der Waals surface area contributed by atoms with Crippen LogP contribution in [0.4, 0.5) is 0 Å². The first kappa shape index (κ1) is 52.3. The highest BCUT2D eigenvalue weighted by atomic mass is 31.2. The Labute approximate surface area is 336 Å². The van der Waals surface area contributed by atoms with Crippen LogP contribution in [0.15, 0.2) is 24.3 Å². The van der Waals surface area contributed by atoms with Crippen molar-refractivity contribution >= 4 is 19.8 Å². The summed E-state index contributed by atoms with van der Waals surface area (Å²) < 4.78 is 33.4. The van der Waals surface area contributed by atoms with Crippen LogP contribution in [0.5, 0.6) is 0 Å². The molecule has 0 saturated heterocycles. The second-order valence-corrected chi connectivity index (χ2v) is 16.6. The number of carbonyl (C=O) groups excluding carboxylic acids is 2. The number of allylic oxidation sites excluding steroid dienone is 4. The van der Waals surface area contributed by atoms with E-state index in [0.29, 0.717) is 12.8 Å². The van der Waals surface area contributed by atoms with Gasteiger partial charge in [-0.25, -0.2) is 4.57 Å². The van der Waals surface area contributed by atoms with Gasteiger partial charge >= 0.3 is 19.8 Å². The summed E-state index contributed by atoms with van der Waals surface area (Å²) in [4.78, 5) is 35.5. The maximum atomic E-state index is 12.8. The van der Waals surface area contributed by atoms with Crippen LogP contribution in [0.1, 0.15) is 174 Å². The van der Waals surface area contributed by atoms with Crippen molar-refractivity contribution in [3.05, 3.63) is 24.3 Å². The summed E-state index contributed by atoms with van der Waals surface area (Å²) in [6.45, 7) is 3.23. The van der Waals surface area contributed by atoms with Gasteiger partial charge < -0.3 is 39.9 Å². The number of phosphoric ester groups is 1. The number of rotatable bonds is 35. The Morgan fingerprint density at radius 2 is 0.911 bits per heavy atom. The molecule has 0 aromatic heterocycles. The van der Waals surface area contributed by atoms with Crippen molar-refractivity contribution in [2.24, 2.45) is 0 Å². The van der Waals surface area contributed by atoms with Crippen LogP contribution in [-0.4, -0.2) is 98.3 Å². The van der Waals surface area contributed by atoms with E-state index in [9.17, 15) is 44.6 Å². The van der Waals surface area contributed by atoms with E-state index in [4.69, 9.17) is 18.5 Å². The fourth-order valence-electron chi connectivity index (χ4n) is 6.45. The van der Waals surface area contributed by atoms with Gasteiger partial charge in [-0.2, -0.15) is 0 Å². The molecule has 0 spiro atoms. The maximum Gasteiger partial charge on any atom is 0.472 e. The second-order valence-electron chi connectivity index (χ2n) is 15.2. The van der Waals surface area contributed by atoms with E-state index < -0.39 is 75.7 Å². The van der Waals surface area contributed by atoms with Gasteiger partial charge in [0.05, 0.1) is 6.61 Å². The van der Waals surface area contributed by atoms with Crippen LogP contribution in [0.2, 0.25) is 0 Å². The molecular weight excluding hydrogens is 743 g/mol. The number of hydrogen-bond acceptors (Lipinski definition) is 12. The van der Waals surface area contributed by atoms with Gasteiger partial charge in [-0.05, 0) is 64.2 Å². The third kappa shape index (κ3) is 25.6. The van der Waals surface area contributed by atoms with Crippen molar-refractivity contribution in [1.29, 1.82) is 0 Å². The Bertz CT molecular complexity index is 1090. The molecule has 1 rings (SSSR count). The number of unbranched alkanes of at least 4 members (excludes halogenated alkanes) is 19. The van der Waals surface area contributed by atoms with Crippen LogP contribution in [0.3, 0.4) is 0 Å². The van der Waals surface area contributed by atoms with Gasteiger partial charge in [0.2, 0.25) is 0 Å². The number of esters is 2. The number of carbonyl (C=O) groups is 2. The maximum absolute atomic E-state index is 12.8. The zero-order valence-corrected chi connectivity index (χ0v) is 35.3. The van der Waals surface area contributed by atoms with Crippen molar-refractivity contribution in [2.45, 2.75) is 217 Å². The van der Waals surface area contributed by atoms with Crippen molar-refractivity contribution in [2.75, 3.05) is 13.2 Å². The van der Waals surface area contributed by atoms with Gasteiger partial charge in [-0.3, -0.25) is 18.6 Å². The molecule has 14 heteroatoms. The molecule has 6 unspecified atom stereocenters. The second kappa shape index (κ2) is 33.2. The highest BCUT2D eigenvalue weighted by Gasteiger charge is 2.51. The number of ether oxygens (including phenoxy) is 2. The normalized spacial score (nSPS) is 23.1. The summed E-state index contributed by atoms with van der Waals surface area (Å²) in [6.07, 6.45) is 21.0. The van der Waals surface area contributed by atoms with Crippen molar-refractivity contribution in [1.82, 2.24) is 0 Å². The number of aliphatic hydroxyl groups is 5. The molecule has 328 valence electrons. The minimum atomic E-state index is -5.12. The first-order valence-corrected chi connectivity index (χ1v) is 23.1. The standard InChI is InChI=1S/C42H77O13P/c1-3-5-7-9-11-13-15-17-18-19-21-22-24-26-28-30-35(43)52-32-34(54-36(44)31-29-27-25-23-20-16-14-12-10-8-6-4-2)33-53-56(50,51)55-42-40(48)38(46)37(45)39(47)41(42)49/h12,14,19,21,34,37-42,45-49H,3-11,13,15-18,20,22-33H2,1-2H3,(H,50,51)/b14-12+,21-19+/t34-,37?,38-,39?,40?,41?,42?/m0/s1. The molecule has 0 amide bonds. The molecule has 13 nitrogen and oxygen atoms in total. The van der Waals surface area contributed by atoms with Gasteiger partial charge in [0.1, 0.15) is 43.2 Å². The van der Waals surface area contributed by atoms with E-state index in [2.05, 4.69) is 38.2 Å². The van der Waals surface area contributed by atoms with Crippen LogP contribution >= 0.6 is 7.82 Å². The Morgan fingerprint density at radius 1 is 0.536 bits per heavy atom. The number of phosphoric acid groups is 1. The molecule has 1 saturated carbocycles. The van der Waals surface area contributed by atoms with E-state index in [1.807, 2.05) is 0 Å². The third-order valence-electron chi connectivity index (χ3n) is 10.0. The summed E-state index contributed by atoms with van der Waals surface area (Å²) >= 11 is 0. The van der Waals surface area contributed by atoms with Crippen molar-refractivity contribution in [3.63, 3.8) is 0 Å². The lowest BCUT2D eigenvalue weighted by Crippen LogP contribution is -2.64. The molecule has 0 aliphatic heterocycles. The zero-order valence-electron chi connectivity index (χ0n) is 34.4. The average molecular weight is 821 g/mol. The Hall–Kier alpha value is -1.67. The zero-order chi connectivity index (χ0) is 41.4. The van der Waals surface area contributed by atoms with Gasteiger partial charge in [0, 0.05) is 12.8 Å². The first-order chi connectivity index (χ1) is 26.9. The summed E-state index contributed by atoms with van der Waals surface area (Å²) in [7, 11) is -5.12. The molecular formula is C42H77O13P. The summed E-state index contributed by atoms with van der Waals surface area (Å²) in [6, 6.07) is 0. The lowest BCUT2D eigenvalue weighted by Gasteiger charge is -2.41. The molecule has 56 heavy (non-hydrogen) atoms. The first-order valence-electron chi connectivity index (χ1n) is 21.6. The smallest absolute Gasteiger partial charge is 0.462 e.